The number of nitrogens with one attached hydrogen (secondary N) is 2. The van der Waals surface area contributed by atoms with E-state index in [-0.39, 0.29) is 0 Å². The van der Waals surface area contributed by atoms with Crippen molar-refractivity contribution in [3.05, 3.63) is 59.9 Å². The summed E-state index contributed by atoms with van der Waals surface area (Å²) >= 11 is 0. The van der Waals surface area contributed by atoms with Crippen molar-refractivity contribution in [2.75, 3.05) is 11.9 Å². The third-order valence-corrected chi connectivity index (χ3v) is 3.82. The van der Waals surface area contributed by atoms with Crippen molar-refractivity contribution in [2.24, 2.45) is 0 Å². The quantitative estimate of drug-likeness (QED) is 0.731. The number of fused-ring (bicyclic) bond motifs is 2. The Hall–Kier alpha value is -2.29. The number of anilines is 1. The van der Waals surface area contributed by atoms with Crippen LogP contribution in [-0.2, 0) is 6.42 Å². The predicted octanol–water partition coefficient (Wildman–Crippen LogP) is 3.31. The van der Waals surface area contributed by atoms with E-state index >= 15 is 0 Å². The van der Waals surface area contributed by atoms with Gasteiger partial charge >= 0.3 is 0 Å². The van der Waals surface area contributed by atoms with Gasteiger partial charge in [0.05, 0.1) is 11.0 Å². The molecular weight excluding hydrogens is 234 g/mol. The number of para-hydroxylation sites is 3. The molecule has 0 saturated heterocycles. The summed E-state index contributed by atoms with van der Waals surface area (Å²) in [6.07, 6.45) is 0.957. The van der Waals surface area contributed by atoms with Crippen LogP contribution in [0.2, 0.25) is 0 Å². The number of aromatic amines is 1. The molecule has 0 bridgehead atoms. The molecule has 3 aromatic rings. The van der Waals surface area contributed by atoms with Crippen LogP contribution in [0.5, 0.6) is 0 Å². The average Bonchev–Trinajstić information content (AvgIpc) is 3.03. The second kappa shape index (κ2) is 4.12. The van der Waals surface area contributed by atoms with E-state index in [0.29, 0.717) is 5.92 Å². The van der Waals surface area contributed by atoms with Gasteiger partial charge in [-0.1, -0.05) is 30.3 Å². The van der Waals surface area contributed by atoms with Gasteiger partial charge in [-0.05, 0) is 23.8 Å². The van der Waals surface area contributed by atoms with E-state index in [1.165, 1.54) is 11.3 Å². The molecule has 94 valence electrons. The molecule has 2 N–H and O–H groups in total. The highest BCUT2D eigenvalue weighted by molar-refractivity contribution is 5.74. The number of imidazole rings is 1. The van der Waals surface area contributed by atoms with Crippen molar-refractivity contribution in [3.8, 4) is 0 Å². The van der Waals surface area contributed by atoms with Crippen molar-refractivity contribution < 1.29 is 0 Å². The van der Waals surface area contributed by atoms with E-state index in [9.17, 15) is 0 Å². The molecular formula is C16H15N3. The lowest BCUT2D eigenvalue weighted by atomic mass is 9.98. The van der Waals surface area contributed by atoms with Crippen LogP contribution in [0.1, 0.15) is 17.3 Å². The number of hydrogen-bond donors (Lipinski definition) is 2. The van der Waals surface area contributed by atoms with E-state index in [0.717, 1.165) is 29.8 Å². The van der Waals surface area contributed by atoms with E-state index < -0.39 is 0 Å². The summed E-state index contributed by atoms with van der Waals surface area (Å²) in [4.78, 5) is 8.08. The van der Waals surface area contributed by atoms with Crippen LogP contribution in [0.4, 0.5) is 5.69 Å². The zero-order valence-corrected chi connectivity index (χ0v) is 10.6. The lowest BCUT2D eigenvalue weighted by Crippen LogP contribution is -2.06. The molecule has 4 rings (SSSR count). The minimum absolute atomic E-state index is 0.511. The van der Waals surface area contributed by atoms with Crippen LogP contribution in [0.15, 0.2) is 48.5 Å². The Morgan fingerprint density at radius 2 is 1.89 bits per heavy atom. The van der Waals surface area contributed by atoms with Crippen molar-refractivity contribution >= 4 is 16.7 Å². The summed E-state index contributed by atoms with van der Waals surface area (Å²) in [5.41, 5.74) is 4.85. The number of aromatic nitrogens is 2. The predicted molar refractivity (Wildman–Crippen MR) is 77.5 cm³/mol. The molecule has 0 aliphatic carbocycles. The molecule has 3 nitrogen and oxygen atoms in total. The molecule has 0 spiro atoms. The fourth-order valence-electron chi connectivity index (χ4n) is 2.87. The molecule has 19 heavy (non-hydrogen) atoms. The molecule has 1 unspecified atom stereocenters. The Bertz CT molecular complexity index is 696. The highest BCUT2D eigenvalue weighted by Crippen LogP contribution is 2.33. The van der Waals surface area contributed by atoms with Gasteiger partial charge in [-0.3, -0.25) is 0 Å². The maximum Gasteiger partial charge on any atom is 0.107 e. The first-order valence-electron chi connectivity index (χ1n) is 6.66. The van der Waals surface area contributed by atoms with Gasteiger partial charge in [-0.2, -0.15) is 0 Å². The first-order chi connectivity index (χ1) is 9.40. The normalized spacial score (nSPS) is 17.4. The minimum Gasteiger partial charge on any atom is -0.384 e. The minimum atomic E-state index is 0.511. The summed E-state index contributed by atoms with van der Waals surface area (Å²) < 4.78 is 0. The van der Waals surface area contributed by atoms with E-state index in [4.69, 9.17) is 0 Å². The van der Waals surface area contributed by atoms with Crippen molar-refractivity contribution in [1.82, 2.24) is 9.97 Å². The van der Waals surface area contributed by atoms with Gasteiger partial charge in [0.25, 0.3) is 0 Å². The SMILES string of the molecule is c1ccc2c(c1)NCC2Cc1nc2ccccc2[nH]1. The second-order valence-corrected chi connectivity index (χ2v) is 5.07. The molecule has 0 fully saturated rings. The van der Waals surface area contributed by atoms with Crippen LogP contribution in [0.3, 0.4) is 0 Å². The van der Waals surface area contributed by atoms with Crippen LogP contribution in [0.25, 0.3) is 11.0 Å². The number of hydrogen-bond acceptors (Lipinski definition) is 2. The molecule has 0 saturated carbocycles. The van der Waals surface area contributed by atoms with Gasteiger partial charge in [0, 0.05) is 24.6 Å². The van der Waals surface area contributed by atoms with Crippen LogP contribution in [-0.4, -0.2) is 16.5 Å². The van der Waals surface area contributed by atoms with Crippen molar-refractivity contribution in [1.29, 1.82) is 0 Å². The average molecular weight is 249 g/mol. The molecule has 0 radical (unpaired) electrons. The number of benzene rings is 2. The summed E-state index contributed by atoms with van der Waals surface area (Å²) in [6.45, 7) is 0.996. The van der Waals surface area contributed by atoms with Gasteiger partial charge in [0.1, 0.15) is 5.82 Å². The number of nitrogens with zero attached hydrogens (tertiary/aromatic N) is 1. The second-order valence-electron chi connectivity index (χ2n) is 5.07. The van der Waals surface area contributed by atoms with E-state index in [1.807, 2.05) is 12.1 Å². The van der Waals surface area contributed by atoms with Gasteiger partial charge in [-0.25, -0.2) is 4.98 Å². The maximum absolute atomic E-state index is 4.67. The Kier molecular flexibility index (Phi) is 2.30. The van der Waals surface area contributed by atoms with Gasteiger partial charge in [-0.15, -0.1) is 0 Å². The Labute approximate surface area is 111 Å². The summed E-state index contributed by atoms with van der Waals surface area (Å²) in [5, 5.41) is 3.46. The molecule has 1 aliphatic heterocycles. The molecule has 1 aromatic heterocycles. The molecule has 1 atom stereocenters. The smallest absolute Gasteiger partial charge is 0.107 e. The lowest BCUT2D eigenvalue weighted by Gasteiger charge is -2.07. The highest BCUT2D eigenvalue weighted by Gasteiger charge is 2.22. The fraction of sp³-hybridized carbons (Fsp3) is 0.188. The van der Waals surface area contributed by atoms with Crippen molar-refractivity contribution in [2.45, 2.75) is 12.3 Å². The first kappa shape index (κ1) is 10.6. The van der Waals surface area contributed by atoms with Gasteiger partial charge < -0.3 is 10.3 Å². The third kappa shape index (κ3) is 1.78. The van der Waals surface area contributed by atoms with Gasteiger partial charge in [0.2, 0.25) is 0 Å². The Morgan fingerprint density at radius 1 is 1.05 bits per heavy atom. The topological polar surface area (TPSA) is 40.7 Å². The Balaban J connectivity index is 1.65. The third-order valence-electron chi connectivity index (χ3n) is 3.82. The first-order valence-corrected chi connectivity index (χ1v) is 6.66. The molecule has 2 heterocycles. The zero-order chi connectivity index (χ0) is 12.7. The number of rotatable bonds is 2. The maximum atomic E-state index is 4.67. The van der Waals surface area contributed by atoms with E-state index in [2.05, 4.69) is 51.7 Å². The fourth-order valence-corrected chi connectivity index (χ4v) is 2.87. The van der Waals surface area contributed by atoms with Crippen LogP contribution in [0, 0.1) is 0 Å². The van der Waals surface area contributed by atoms with E-state index in [1.54, 1.807) is 0 Å². The van der Waals surface area contributed by atoms with Crippen LogP contribution >= 0.6 is 0 Å². The molecule has 2 aromatic carbocycles. The molecule has 3 heteroatoms. The number of H-pyrrole nitrogens is 1. The largest absolute Gasteiger partial charge is 0.384 e. The van der Waals surface area contributed by atoms with Gasteiger partial charge in [0.15, 0.2) is 0 Å². The zero-order valence-electron chi connectivity index (χ0n) is 10.6. The molecule has 0 amide bonds. The lowest BCUT2D eigenvalue weighted by molar-refractivity contribution is 0.723. The summed E-state index contributed by atoms with van der Waals surface area (Å²) in [5.74, 6) is 1.58. The summed E-state index contributed by atoms with van der Waals surface area (Å²) in [7, 11) is 0. The Morgan fingerprint density at radius 3 is 2.84 bits per heavy atom. The highest BCUT2D eigenvalue weighted by atomic mass is 14.9. The monoisotopic (exact) mass is 249 g/mol. The summed E-state index contributed by atoms with van der Waals surface area (Å²) in [6, 6.07) is 16.7. The van der Waals surface area contributed by atoms with Crippen molar-refractivity contribution in [3.63, 3.8) is 0 Å². The van der Waals surface area contributed by atoms with Crippen LogP contribution < -0.4 is 5.32 Å². The molecule has 1 aliphatic rings. The standard InChI is InChI=1S/C16H15N3/c1-2-6-13-12(5-1)11(10-17-13)9-16-18-14-7-3-4-8-15(14)19-16/h1-8,11,17H,9-10H2,(H,18,19).